The Morgan fingerprint density at radius 1 is 1.53 bits per heavy atom. The molecule has 0 radical (unpaired) electrons. The van der Waals surface area contributed by atoms with Crippen LogP contribution >= 0.6 is 11.6 Å². The number of carbonyl (C=O) groups is 1. The fourth-order valence-corrected chi connectivity index (χ4v) is 1.65. The van der Waals surface area contributed by atoms with Gasteiger partial charge in [-0.15, -0.1) is 0 Å². The number of ether oxygens (including phenoxy) is 1. The number of rotatable bonds is 3. The first-order chi connectivity index (χ1) is 8.13. The molecule has 5 nitrogen and oxygen atoms in total. The first-order valence-electron chi connectivity index (χ1n) is 4.65. The summed E-state index contributed by atoms with van der Waals surface area (Å²) in [6.45, 7) is 0. The second kappa shape index (κ2) is 4.47. The van der Waals surface area contributed by atoms with Crippen LogP contribution in [0.2, 0.25) is 5.02 Å². The van der Waals surface area contributed by atoms with Gasteiger partial charge in [-0.05, 0) is 18.2 Å². The van der Waals surface area contributed by atoms with E-state index in [1.165, 1.54) is 7.11 Å². The van der Waals surface area contributed by atoms with Crippen LogP contribution in [0.3, 0.4) is 0 Å². The molecule has 0 aliphatic carbocycles. The van der Waals surface area contributed by atoms with E-state index in [9.17, 15) is 4.79 Å². The van der Waals surface area contributed by atoms with Crippen molar-refractivity contribution >= 4 is 17.6 Å². The van der Waals surface area contributed by atoms with Crippen LogP contribution in [-0.4, -0.2) is 23.3 Å². The Labute approximate surface area is 102 Å². The van der Waals surface area contributed by atoms with Gasteiger partial charge in [0.15, 0.2) is 5.76 Å². The standard InChI is InChI=1S/C11H8ClNO4/c1-16-6-2-3-7(9(12)4-6)10-8(11(14)15)5-13-17-10/h2-5H,1H3,(H,14,15). The summed E-state index contributed by atoms with van der Waals surface area (Å²) < 4.78 is 9.91. The first-order valence-corrected chi connectivity index (χ1v) is 5.03. The normalized spacial score (nSPS) is 10.2. The quantitative estimate of drug-likeness (QED) is 0.910. The summed E-state index contributed by atoms with van der Waals surface area (Å²) in [5.41, 5.74) is 0.430. The third-order valence-corrected chi connectivity index (χ3v) is 2.53. The molecular weight excluding hydrogens is 246 g/mol. The molecule has 0 aliphatic rings. The average Bonchev–Trinajstić information content (AvgIpc) is 2.77. The Morgan fingerprint density at radius 2 is 2.29 bits per heavy atom. The van der Waals surface area contributed by atoms with Gasteiger partial charge in [-0.25, -0.2) is 4.79 Å². The smallest absolute Gasteiger partial charge is 0.341 e. The second-order valence-electron chi connectivity index (χ2n) is 3.22. The van der Waals surface area contributed by atoms with Crippen molar-refractivity contribution in [2.75, 3.05) is 7.11 Å². The highest BCUT2D eigenvalue weighted by atomic mass is 35.5. The zero-order valence-electron chi connectivity index (χ0n) is 8.81. The lowest BCUT2D eigenvalue weighted by Gasteiger charge is -2.04. The van der Waals surface area contributed by atoms with Crippen molar-refractivity contribution in [1.82, 2.24) is 5.16 Å². The van der Waals surface area contributed by atoms with Crippen LogP contribution in [0.15, 0.2) is 28.9 Å². The maximum atomic E-state index is 10.9. The number of carboxylic acids is 1. The highest BCUT2D eigenvalue weighted by molar-refractivity contribution is 6.33. The molecule has 6 heteroatoms. The van der Waals surface area contributed by atoms with Crippen LogP contribution in [0.1, 0.15) is 10.4 Å². The number of aromatic carboxylic acids is 1. The summed E-state index contributed by atoms with van der Waals surface area (Å²) in [5.74, 6) is -0.409. The van der Waals surface area contributed by atoms with Crippen LogP contribution in [-0.2, 0) is 0 Å². The van der Waals surface area contributed by atoms with Gasteiger partial charge in [-0.3, -0.25) is 0 Å². The molecule has 2 rings (SSSR count). The number of halogens is 1. The SMILES string of the molecule is COc1ccc(-c2oncc2C(=O)O)c(Cl)c1. The summed E-state index contributed by atoms with van der Waals surface area (Å²) in [4.78, 5) is 10.9. The third-order valence-electron chi connectivity index (χ3n) is 2.22. The monoisotopic (exact) mass is 253 g/mol. The summed E-state index contributed by atoms with van der Waals surface area (Å²) in [6, 6.07) is 4.86. The van der Waals surface area contributed by atoms with Gasteiger partial charge < -0.3 is 14.4 Å². The molecule has 0 bridgehead atoms. The molecule has 2 aromatic rings. The fraction of sp³-hybridized carbons (Fsp3) is 0.0909. The van der Waals surface area contributed by atoms with Gasteiger partial charge in [0.2, 0.25) is 0 Å². The molecule has 1 heterocycles. The molecule has 88 valence electrons. The predicted molar refractivity (Wildman–Crippen MR) is 60.5 cm³/mol. The number of hydrogen-bond acceptors (Lipinski definition) is 4. The Morgan fingerprint density at radius 3 is 2.88 bits per heavy atom. The minimum Gasteiger partial charge on any atom is -0.497 e. The van der Waals surface area contributed by atoms with E-state index >= 15 is 0 Å². The molecule has 1 aromatic heterocycles. The van der Waals surface area contributed by atoms with Gasteiger partial charge >= 0.3 is 5.97 Å². The Kier molecular flexibility index (Phi) is 3.01. The fourth-order valence-electron chi connectivity index (χ4n) is 1.39. The van der Waals surface area contributed by atoms with Crippen LogP contribution < -0.4 is 4.74 Å². The molecule has 0 spiro atoms. The summed E-state index contributed by atoms with van der Waals surface area (Å²) in [5, 5.41) is 12.7. The zero-order chi connectivity index (χ0) is 12.4. The number of aromatic nitrogens is 1. The number of hydrogen-bond donors (Lipinski definition) is 1. The molecule has 1 N–H and O–H groups in total. The van der Waals surface area contributed by atoms with Crippen molar-refractivity contribution in [3.05, 3.63) is 35.0 Å². The molecule has 0 aliphatic heterocycles. The summed E-state index contributed by atoms with van der Waals surface area (Å²) >= 11 is 6.02. The highest BCUT2D eigenvalue weighted by Gasteiger charge is 2.19. The van der Waals surface area contributed by atoms with E-state index in [0.717, 1.165) is 6.20 Å². The van der Waals surface area contributed by atoms with E-state index in [-0.39, 0.29) is 11.3 Å². The molecule has 0 fully saturated rings. The van der Waals surface area contributed by atoms with Crippen molar-refractivity contribution in [1.29, 1.82) is 0 Å². The van der Waals surface area contributed by atoms with Gasteiger partial charge in [0.05, 0.1) is 18.3 Å². The van der Waals surface area contributed by atoms with Crippen molar-refractivity contribution < 1.29 is 19.2 Å². The Hall–Kier alpha value is -2.01. The maximum Gasteiger partial charge on any atom is 0.341 e. The van der Waals surface area contributed by atoms with Crippen LogP contribution in [0, 0.1) is 0 Å². The molecular formula is C11H8ClNO4. The summed E-state index contributed by atoms with van der Waals surface area (Å²) in [7, 11) is 1.52. The lowest BCUT2D eigenvalue weighted by Crippen LogP contribution is -1.96. The lowest BCUT2D eigenvalue weighted by molar-refractivity contribution is 0.0697. The number of benzene rings is 1. The van der Waals surface area contributed by atoms with Gasteiger partial charge in [0, 0.05) is 5.56 Å². The van der Waals surface area contributed by atoms with Crippen molar-refractivity contribution in [2.24, 2.45) is 0 Å². The van der Waals surface area contributed by atoms with Crippen LogP contribution in [0.5, 0.6) is 5.75 Å². The molecule has 17 heavy (non-hydrogen) atoms. The number of carboxylic acid groups (broad SMARTS) is 1. The Bertz CT molecular complexity index is 564. The lowest BCUT2D eigenvalue weighted by atomic mass is 10.1. The molecule has 0 atom stereocenters. The molecule has 0 amide bonds. The van der Waals surface area contributed by atoms with E-state index in [1.54, 1.807) is 18.2 Å². The van der Waals surface area contributed by atoms with E-state index in [1.807, 2.05) is 0 Å². The third kappa shape index (κ3) is 2.09. The van der Waals surface area contributed by atoms with Crippen molar-refractivity contribution in [2.45, 2.75) is 0 Å². The molecule has 1 aromatic carbocycles. The molecule has 0 unspecified atom stereocenters. The second-order valence-corrected chi connectivity index (χ2v) is 3.63. The maximum absolute atomic E-state index is 10.9. The predicted octanol–water partition coefficient (Wildman–Crippen LogP) is 2.70. The minimum absolute atomic E-state index is 0.0305. The highest BCUT2D eigenvalue weighted by Crippen LogP contribution is 2.33. The van der Waals surface area contributed by atoms with Gasteiger partial charge in [-0.1, -0.05) is 16.8 Å². The minimum atomic E-state index is -1.12. The average molecular weight is 254 g/mol. The Balaban J connectivity index is 2.53. The van der Waals surface area contributed by atoms with Gasteiger partial charge in [0.25, 0.3) is 0 Å². The molecule has 0 saturated carbocycles. The van der Waals surface area contributed by atoms with E-state index in [2.05, 4.69) is 5.16 Å². The van der Waals surface area contributed by atoms with Crippen LogP contribution in [0.4, 0.5) is 0 Å². The number of methoxy groups -OCH3 is 1. The number of nitrogens with zero attached hydrogens (tertiary/aromatic N) is 1. The van der Waals surface area contributed by atoms with Crippen LogP contribution in [0.25, 0.3) is 11.3 Å². The first kappa shape index (κ1) is 11.5. The zero-order valence-corrected chi connectivity index (χ0v) is 9.56. The van der Waals surface area contributed by atoms with E-state index in [4.69, 9.17) is 26.0 Å². The molecule has 0 saturated heterocycles. The van der Waals surface area contributed by atoms with Gasteiger partial charge in [0.1, 0.15) is 11.3 Å². The van der Waals surface area contributed by atoms with Crippen molar-refractivity contribution in [3.63, 3.8) is 0 Å². The largest absolute Gasteiger partial charge is 0.497 e. The van der Waals surface area contributed by atoms with E-state index in [0.29, 0.717) is 16.3 Å². The van der Waals surface area contributed by atoms with Crippen molar-refractivity contribution in [3.8, 4) is 17.1 Å². The van der Waals surface area contributed by atoms with E-state index < -0.39 is 5.97 Å². The topological polar surface area (TPSA) is 72.6 Å². The van der Waals surface area contributed by atoms with Gasteiger partial charge in [-0.2, -0.15) is 0 Å². The summed E-state index contributed by atoms with van der Waals surface area (Å²) in [6.07, 6.45) is 1.14.